The second kappa shape index (κ2) is 12.2. The third-order valence-electron chi connectivity index (χ3n) is 6.30. The van der Waals surface area contributed by atoms with Crippen molar-refractivity contribution in [2.75, 3.05) is 6.54 Å². The molecule has 4 unspecified atom stereocenters. The van der Waals surface area contributed by atoms with Gasteiger partial charge in [0.15, 0.2) is 0 Å². The van der Waals surface area contributed by atoms with Crippen molar-refractivity contribution >= 4 is 46.5 Å². The molecule has 1 aliphatic heterocycles. The zero-order chi connectivity index (χ0) is 28.0. The molecule has 0 saturated carbocycles. The lowest BCUT2D eigenvalue weighted by molar-refractivity contribution is -0.149. The average molecular weight is 531 g/mol. The summed E-state index contributed by atoms with van der Waals surface area (Å²) in [6, 6.07) is 1.91. The van der Waals surface area contributed by atoms with E-state index in [1.807, 2.05) is 18.2 Å². The highest BCUT2D eigenvalue weighted by atomic mass is 16.4. The standard InChI is InChI=1S/C24H30N6O8/c25-14(9-20(32)33)21(34)28-16(10-19(26)31)22(35)29-17(23(36)30-7-3-6-18(30)24(37)38)8-12-11-27-15-5-2-1-4-13(12)15/h1-2,4-5,11,14,16-18,27H,3,6-10,25H2,(H2,26,31)(H,28,34)(H,29,35)(H,32,33)(H,37,38). The number of nitrogens with zero attached hydrogens (tertiary/aromatic N) is 1. The fourth-order valence-electron chi connectivity index (χ4n) is 4.45. The molecule has 0 radical (unpaired) electrons. The molecule has 0 spiro atoms. The molecule has 3 rings (SSSR count). The minimum atomic E-state index is -1.55. The number of primary amides is 1. The molecule has 14 heteroatoms. The van der Waals surface area contributed by atoms with Crippen LogP contribution in [0.25, 0.3) is 10.9 Å². The first kappa shape index (κ1) is 28.1. The van der Waals surface area contributed by atoms with Gasteiger partial charge in [-0.25, -0.2) is 4.79 Å². The summed E-state index contributed by atoms with van der Waals surface area (Å²) in [5.41, 5.74) is 12.3. The number of carbonyl (C=O) groups is 6. The van der Waals surface area contributed by atoms with Gasteiger partial charge >= 0.3 is 11.9 Å². The maximum Gasteiger partial charge on any atom is 0.326 e. The van der Waals surface area contributed by atoms with Crippen molar-refractivity contribution in [2.45, 2.75) is 56.3 Å². The quantitative estimate of drug-likeness (QED) is 0.167. The van der Waals surface area contributed by atoms with Crippen LogP contribution in [0, 0.1) is 0 Å². The predicted octanol–water partition coefficient (Wildman–Crippen LogP) is -1.57. The number of carboxylic acid groups (broad SMARTS) is 2. The van der Waals surface area contributed by atoms with Crippen LogP contribution >= 0.6 is 0 Å². The van der Waals surface area contributed by atoms with Crippen LogP contribution in [0.5, 0.6) is 0 Å². The highest BCUT2D eigenvalue weighted by Gasteiger charge is 2.39. The molecule has 0 aliphatic carbocycles. The topological polar surface area (TPSA) is 238 Å². The Morgan fingerprint density at radius 2 is 1.71 bits per heavy atom. The fraction of sp³-hybridized carbons (Fsp3) is 0.417. The molecule has 2 heterocycles. The number of nitrogens with two attached hydrogens (primary N) is 2. The lowest BCUT2D eigenvalue weighted by atomic mass is 10.0. The van der Waals surface area contributed by atoms with Gasteiger partial charge in [0.1, 0.15) is 18.1 Å². The van der Waals surface area contributed by atoms with Gasteiger partial charge in [-0.2, -0.15) is 0 Å². The summed E-state index contributed by atoms with van der Waals surface area (Å²) in [7, 11) is 0. The number of hydrogen-bond donors (Lipinski definition) is 7. The molecule has 4 atom stereocenters. The monoisotopic (exact) mass is 530 g/mol. The first-order valence-corrected chi connectivity index (χ1v) is 11.9. The Morgan fingerprint density at radius 1 is 1.03 bits per heavy atom. The second-order valence-electron chi connectivity index (χ2n) is 9.09. The van der Waals surface area contributed by atoms with Gasteiger partial charge in [-0.3, -0.25) is 24.0 Å². The van der Waals surface area contributed by atoms with Gasteiger partial charge < -0.3 is 42.2 Å². The van der Waals surface area contributed by atoms with E-state index in [4.69, 9.17) is 16.6 Å². The van der Waals surface area contributed by atoms with E-state index in [2.05, 4.69) is 15.6 Å². The van der Waals surface area contributed by atoms with Crippen molar-refractivity contribution in [1.29, 1.82) is 0 Å². The molecule has 4 amide bonds. The Morgan fingerprint density at radius 3 is 2.37 bits per heavy atom. The first-order valence-electron chi connectivity index (χ1n) is 11.9. The third kappa shape index (κ3) is 6.85. The molecule has 1 aliphatic rings. The number of H-pyrrole nitrogens is 1. The Labute approximate surface area is 216 Å². The van der Waals surface area contributed by atoms with E-state index < -0.39 is 72.6 Å². The molecule has 1 aromatic carbocycles. The van der Waals surface area contributed by atoms with Crippen LogP contribution in [0.2, 0.25) is 0 Å². The Hall–Kier alpha value is -4.46. The molecule has 2 aromatic rings. The van der Waals surface area contributed by atoms with Gasteiger partial charge in [0.05, 0.1) is 18.9 Å². The highest BCUT2D eigenvalue weighted by molar-refractivity contribution is 5.97. The number of aromatic amines is 1. The van der Waals surface area contributed by atoms with Crippen molar-refractivity contribution in [1.82, 2.24) is 20.5 Å². The van der Waals surface area contributed by atoms with E-state index >= 15 is 0 Å². The SMILES string of the molecule is NC(=O)CC(NC(=O)C(N)CC(=O)O)C(=O)NC(Cc1c[nH]c2ccccc12)C(=O)N1CCCC1C(=O)O. The van der Waals surface area contributed by atoms with Gasteiger partial charge in [0, 0.05) is 30.1 Å². The summed E-state index contributed by atoms with van der Waals surface area (Å²) < 4.78 is 0. The van der Waals surface area contributed by atoms with Gasteiger partial charge in [-0.15, -0.1) is 0 Å². The largest absolute Gasteiger partial charge is 0.481 e. The number of amides is 4. The van der Waals surface area contributed by atoms with E-state index in [-0.39, 0.29) is 19.4 Å². The zero-order valence-corrected chi connectivity index (χ0v) is 20.4. The first-order chi connectivity index (χ1) is 18.0. The van der Waals surface area contributed by atoms with Crippen LogP contribution in [0.15, 0.2) is 30.5 Å². The minimum Gasteiger partial charge on any atom is -0.481 e. The Bertz CT molecular complexity index is 1240. The molecule has 9 N–H and O–H groups in total. The molecule has 204 valence electrons. The maximum atomic E-state index is 13.5. The third-order valence-corrected chi connectivity index (χ3v) is 6.30. The minimum absolute atomic E-state index is 0.0206. The molecule has 14 nitrogen and oxygen atoms in total. The number of carbonyl (C=O) groups excluding carboxylic acids is 4. The Balaban J connectivity index is 1.87. The Kier molecular flexibility index (Phi) is 9.02. The average Bonchev–Trinajstić information content (AvgIpc) is 3.50. The molecule has 1 aromatic heterocycles. The van der Waals surface area contributed by atoms with Gasteiger partial charge in [-0.05, 0) is 24.5 Å². The lowest BCUT2D eigenvalue weighted by Crippen LogP contribution is -2.58. The van der Waals surface area contributed by atoms with Gasteiger partial charge in [0.2, 0.25) is 23.6 Å². The summed E-state index contributed by atoms with van der Waals surface area (Å²) in [6.45, 7) is 0.182. The number of carboxylic acids is 2. The summed E-state index contributed by atoms with van der Waals surface area (Å²) in [4.78, 5) is 77.5. The maximum absolute atomic E-state index is 13.5. The van der Waals surface area contributed by atoms with E-state index in [0.29, 0.717) is 12.0 Å². The molecule has 38 heavy (non-hydrogen) atoms. The van der Waals surface area contributed by atoms with E-state index in [1.165, 1.54) is 4.90 Å². The van der Waals surface area contributed by atoms with Crippen molar-refractivity contribution in [2.24, 2.45) is 11.5 Å². The fourth-order valence-corrected chi connectivity index (χ4v) is 4.45. The molecule has 1 fully saturated rings. The predicted molar refractivity (Wildman–Crippen MR) is 132 cm³/mol. The number of rotatable bonds is 12. The van der Waals surface area contributed by atoms with E-state index in [9.17, 15) is 33.9 Å². The second-order valence-corrected chi connectivity index (χ2v) is 9.09. The smallest absolute Gasteiger partial charge is 0.326 e. The number of aromatic nitrogens is 1. The number of hydrogen-bond acceptors (Lipinski definition) is 7. The van der Waals surface area contributed by atoms with E-state index in [1.54, 1.807) is 12.3 Å². The number of para-hydroxylation sites is 1. The van der Waals surface area contributed by atoms with Crippen LogP contribution < -0.4 is 22.1 Å². The normalized spacial score (nSPS) is 17.4. The van der Waals surface area contributed by atoms with Crippen LogP contribution in [0.4, 0.5) is 0 Å². The number of likely N-dealkylation sites (tertiary alicyclic amines) is 1. The summed E-state index contributed by atoms with van der Waals surface area (Å²) in [5.74, 6) is -6.03. The van der Waals surface area contributed by atoms with Crippen molar-refractivity contribution in [3.8, 4) is 0 Å². The van der Waals surface area contributed by atoms with Crippen LogP contribution in [-0.4, -0.2) is 86.4 Å². The zero-order valence-electron chi connectivity index (χ0n) is 20.4. The molecular formula is C24H30N6O8. The number of benzene rings is 1. The van der Waals surface area contributed by atoms with Crippen LogP contribution in [-0.2, 0) is 35.2 Å². The summed E-state index contributed by atoms with van der Waals surface area (Å²) >= 11 is 0. The highest BCUT2D eigenvalue weighted by Crippen LogP contribution is 2.23. The van der Waals surface area contributed by atoms with Gasteiger partial charge in [-0.1, -0.05) is 18.2 Å². The van der Waals surface area contributed by atoms with Crippen molar-refractivity contribution in [3.05, 3.63) is 36.0 Å². The van der Waals surface area contributed by atoms with Crippen molar-refractivity contribution < 1.29 is 39.0 Å². The van der Waals surface area contributed by atoms with Crippen LogP contribution in [0.3, 0.4) is 0 Å². The molecular weight excluding hydrogens is 500 g/mol. The van der Waals surface area contributed by atoms with Gasteiger partial charge in [0.25, 0.3) is 0 Å². The van der Waals surface area contributed by atoms with Crippen LogP contribution in [0.1, 0.15) is 31.2 Å². The number of nitrogens with one attached hydrogen (secondary N) is 3. The molecule has 0 bridgehead atoms. The van der Waals surface area contributed by atoms with E-state index in [0.717, 1.165) is 10.9 Å². The molecule has 1 saturated heterocycles. The summed E-state index contributed by atoms with van der Waals surface area (Å²) in [5, 5.41) is 24.0. The lowest BCUT2D eigenvalue weighted by Gasteiger charge is -2.28. The number of aliphatic carboxylic acids is 2. The summed E-state index contributed by atoms with van der Waals surface area (Å²) in [6.07, 6.45) is 1.02. The van der Waals surface area contributed by atoms with Crippen molar-refractivity contribution in [3.63, 3.8) is 0 Å². The number of fused-ring (bicyclic) bond motifs is 1.